The number of nitrogens with one attached hydrogen (secondary N) is 1. The van der Waals surface area contributed by atoms with E-state index in [1.165, 1.54) is 31.7 Å². The van der Waals surface area contributed by atoms with Gasteiger partial charge in [-0.15, -0.1) is 0 Å². The minimum absolute atomic E-state index is 0.160. The fraction of sp³-hybridized carbons (Fsp3) is 0.625. The molecule has 0 aromatic heterocycles. The van der Waals surface area contributed by atoms with Gasteiger partial charge >= 0.3 is 6.18 Å². The Labute approximate surface area is 122 Å². The summed E-state index contributed by atoms with van der Waals surface area (Å²) in [5, 5.41) is 3.05. The maximum Gasteiger partial charge on any atom is 0.419 e. The van der Waals surface area contributed by atoms with Crippen molar-refractivity contribution in [2.45, 2.75) is 50.7 Å². The first-order chi connectivity index (χ1) is 9.91. The second-order valence-electron chi connectivity index (χ2n) is 5.81. The second-order valence-corrected chi connectivity index (χ2v) is 5.81. The molecule has 0 amide bonds. The van der Waals surface area contributed by atoms with Crippen LogP contribution in [0.3, 0.4) is 0 Å². The van der Waals surface area contributed by atoms with Gasteiger partial charge in [0.15, 0.2) is 0 Å². The molecule has 0 radical (unpaired) electrons. The lowest BCUT2D eigenvalue weighted by molar-refractivity contribution is -0.140. The van der Waals surface area contributed by atoms with Crippen molar-refractivity contribution < 1.29 is 17.6 Å². The number of rotatable bonds is 5. The molecule has 1 aliphatic rings. The third kappa shape index (κ3) is 4.19. The van der Waals surface area contributed by atoms with E-state index < -0.39 is 17.6 Å². The summed E-state index contributed by atoms with van der Waals surface area (Å²) in [5.74, 6) is -0.528. The van der Waals surface area contributed by atoms with Crippen LogP contribution in [0.25, 0.3) is 0 Å². The van der Waals surface area contributed by atoms with Crippen LogP contribution in [-0.2, 0) is 6.18 Å². The van der Waals surface area contributed by atoms with Crippen LogP contribution in [0, 0.1) is 11.7 Å². The molecule has 1 atom stereocenters. The van der Waals surface area contributed by atoms with Gasteiger partial charge in [-0.1, -0.05) is 31.7 Å². The summed E-state index contributed by atoms with van der Waals surface area (Å²) in [6.07, 6.45) is 2.08. The molecule has 0 heterocycles. The summed E-state index contributed by atoms with van der Waals surface area (Å²) >= 11 is 0. The quantitative estimate of drug-likeness (QED) is 0.748. The molecule has 118 valence electrons. The Morgan fingerprint density at radius 3 is 2.48 bits per heavy atom. The van der Waals surface area contributed by atoms with Gasteiger partial charge in [0.2, 0.25) is 0 Å². The Morgan fingerprint density at radius 1 is 1.24 bits per heavy atom. The molecule has 2 rings (SSSR count). The van der Waals surface area contributed by atoms with E-state index in [9.17, 15) is 17.6 Å². The van der Waals surface area contributed by atoms with Crippen molar-refractivity contribution in [1.82, 2.24) is 5.32 Å². The Hall–Kier alpha value is -1.10. The highest BCUT2D eigenvalue weighted by Gasteiger charge is 2.34. The van der Waals surface area contributed by atoms with Gasteiger partial charge in [-0.3, -0.25) is 0 Å². The maximum absolute atomic E-state index is 13.3. The first-order valence-corrected chi connectivity index (χ1v) is 7.45. The Kier molecular flexibility index (Phi) is 5.25. The summed E-state index contributed by atoms with van der Waals surface area (Å²) in [6, 6.07) is 3.14. The van der Waals surface area contributed by atoms with E-state index in [0.29, 0.717) is 11.5 Å². The SMILES string of the molecule is CNC(CCC1CCCC1)c1ccc(F)c(C(F)(F)F)c1. The molecule has 1 saturated carbocycles. The Balaban J connectivity index is 2.10. The molecule has 1 N–H and O–H groups in total. The molecule has 0 aliphatic heterocycles. The molecule has 1 aliphatic carbocycles. The molecule has 0 bridgehead atoms. The monoisotopic (exact) mass is 303 g/mol. The molecule has 1 fully saturated rings. The topological polar surface area (TPSA) is 12.0 Å². The predicted octanol–water partition coefficient (Wildman–Crippen LogP) is 5.08. The highest BCUT2D eigenvalue weighted by atomic mass is 19.4. The summed E-state index contributed by atoms with van der Waals surface area (Å²) in [6.45, 7) is 0. The second kappa shape index (κ2) is 6.77. The number of benzene rings is 1. The van der Waals surface area contributed by atoms with E-state index in [4.69, 9.17) is 0 Å². The fourth-order valence-corrected chi connectivity index (χ4v) is 3.16. The molecule has 1 unspecified atom stereocenters. The van der Waals surface area contributed by atoms with Crippen LogP contribution in [0.5, 0.6) is 0 Å². The van der Waals surface area contributed by atoms with Gasteiger partial charge in [-0.05, 0) is 43.5 Å². The Morgan fingerprint density at radius 2 is 1.90 bits per heavy atom. The van der Waals surface area contributed by atoms with Crippen LogP contribution in [0.15, 0.2) is 18.2 Å². The van der Waals surface area contributed by atoms with Gasteiger partial charge in [0.05, 0.1) is 5.56 Å². The fourth-order valence-electron chi connectivity index (χ4n) is 3.16. The van der Waals surface area contributed by atoms with Gasteiger partial charge in [-0.25, -0.2) is 4.39 Å². The minimum Gasteiger partial charge on any atom is -0.313 e. The zero-order chi connectivity index (χ0) is 15.5. The van der Waals surface area contributed by atoms with Gasteiger partial charge in [0, 0.05) is 6.04 Å². The highest BCUT2D eigenvalue weighted by Crippen LogP contribution is 2.35. The smallest absolute Gasteiger partial charge is 0.313 e. The number of hydrogen-bond acceptors (Lipinski definition) is 1. The first kappa shape index (κ1) is 16.3. The third-order valence-corrected chi connectivity index (χ3v) is 4.38. The standard InChI is InChI=1S/C16H21F4N/c1-21-15(9-6-11-4-2-3-5-11)12-7-8-14(17)13(10-12)16(18,19)20/h7-8,10-11,15,21H,2-6,9H2,1H3. The molecule has 1 nitrogen and oxygen atoms in total. The van der Waals surface area contributed by atoms with Crippen molar-refractivity contribution in [3.05, 3.63) is 35.1 Å². The van der Waals surface area contributed by atoms with Gasteiger partial charge in [0.1, 0.15) is 5.82 Å². The zero-order valence-corrected chi connectivity index (χ0v) is 12.1. The van der Waals surface area contributed by atoms with E-state index in [-0.39, 0.29) is 6.04 Å². The summed E-state index contributed by atoms with van der Waals surface area (Å²) in [5.41, 5.74) is -0.676. The van der Waals surface area contributed by atoms with Crippen molar-refractivity contribution in [2.24, 2.45) is 5.92 Å². The summed E-state index contributed by atoms with van der Waals surface area (Å²) in [7, 11) is 1.73. The van der Waals surface area contributed by atoms with Crippen LogP contribution < -0.4 is 5.32 Å². The molecule has 1 aromatic rings. The number of hydrogen-bond donors (Lipinski definition) is 1. The summed E-state index contributed by atoms with van der Waals surface area (Å²) < 4.78 is 51.6. The van der Waals surface area contributed by atoms with E-state index in [2.05, 4.69) is 5.32 Å². The van der Waals surface area contributed by atoms with Crippen molar-refractivity contribution in [1.29, 1.82) is 0 Å². The average Bonchev–Trinajstić information content (AvgIpc) is 2.93. The molecular weight excluding hydrogens is 282 g/mol. The van der Waals surface area contributed by atoms with Crippen LogP contribution in [0.4, 0.5) is 17.6 Å². The van der Waals surface area contributed by atoms with Crippen LogP contribution in [0.1, 0.15) is 55.7 Å². The van der Waals surface area contributed by atoms with Crippen molar-refractivity contribution in [2.75, 3.05) is 7.05 Å². The molecule has 0 saturated heterocycles. The lowest BCUT2D eigenvalue weighted by atomic mass is 9.94. The van der Waals surface area contributed by atoms with Crippen LogP contribution >= 0.6 is 0 Å². The maximum atomic E-state index is 13.3. The van der Waals surface area contributed by atoms with Gasteiger partial charge < -0.3 is 5.32 Å². The minimum atomic E-state index is -4.65. The molecule has 0 spiro atoms. The average molecular weight is 303 g/mol. The van der Waals surface area contributed by atoms with Gasteiger partial charge in [-0.2, -0.15) is 13.2 Å². The molecule has 21 heavy (non-hydrogen) atoms. The van der Waals surface area contributed by atoms with E-state index in [0.717, 1.165) is 25.0 Å². The number of alkyl halides is 3. The normalized spacial score (nSPS) is 18.1. The van der Waals surface area contributed by atoms with Crippen molar-refractivity contribution in [3.8, 4) is 0 Å². The molecule has 1 aromatic carbocycles. The van der Waals surface area contributed by atoms with Crippen LogP contribution in [0.2, 0.25) is 0 Å². The number of halogens is 4. The third-order valence-electron chi connectivity index (χ3n) is 4.38. The highest BCUT2D eigenvalue weighted by molar-refractivity contribution is 5.29. The van der Waals surface area contributed by atoms with Crippen molar-refractivity contribution >= 4 is 0 Å². The molecular formula is C16H21F4N. The van der Waals surface area contributed by atoms with E-state index >= 15 is 0 Å². The largest absolute Gasteiger partial charge is 0.419 e. The lowest BCUT2D eigenvalue weighted by Gasteiger charge is -2.20. The van der Waals surface area contributed by atoms with E-state index in [1.54, 1.807) is 7.05 Å². The lowest BCUT2D eigenvalue weighted by Crippen LogP contribution is -2.19. The van der Waals surface area contributed by atoms with Crippen molar-refractivity contribution in [3.63, 3.8) is 0 Å². The predicted molar refractivity (Wildman–Crippen MR) is 74.4 cm³/mol. The Bertz CT molecular complexity index is 464. The van der Waals surface area contributed by atoms with Gasteiger partial charge in [0.25, 0.3) is 0 Å². The van der Waals surface area contributed by atoms with Crippen LogP contribution in [-0.4, -0.2) is 7.05 Å². The zero-order valence-electron chi connectivity index (χ0n) is 12.1. The van der Waals surface area contributed by atoms with E-state index in [1.807, 2.05) is 0 Å². The first-order valence-electron chi connectivity index (χ1n) is 7.45. The molecule has 5 heteroatoms. The summed E-state index contributed by atoms with van der Waals surface area (Å²) in [4.78, 5) is 0.